The Kier molecular flexibility index (Phi) is 6.86. The van der Waals surface area contributed by atoms with Crippen LogP contribution in [0.25, 0.3) is 0 Å². The lowest BCUT2D eigenvalue weighted by molar-refractivity contribution is -0.122. The summed E-state index contributed by atoms with van der Waals surface area (Å²) in [7, 11) is 0. The number of benzene rings is 3. The van der Waals surface area contributed by atoms with Gasteiger partial charge in [-0.15, -0.1) is 0 Å². The Balaban J connectivity index is 1.29. The molecule has 1 aliphatic rings. The van der Waals surface area contributed by atoms with E-state index in [4.69, 9.17) is 14.7 Å². The summed E-state index contributed by atoms with van der Waals surface area (Å²) in [5.41, 5.74) is 2.78. The monoisotopic (exact) mass is 441 g/mol. The fraction of sp³-hybridized carbons (Fsp3) is 0.192. The van der Waals surface area contributed by atoms with Gasteiger partial charge in [0.25, 0.3) is 0 Å². The predicted molar refractivity (Wildman–Crippen MR) is 124 cm³/mol. The van der Waals surface area contributed by atoms with Gasteiger partial charge in [-0.3, -0.25) is 9.59 Å². The van der Waals surface area contributed by atoms with E-state index in [2.05, 4.69) is 11.4 Å². The minimum absolute atomic E-state index is 0.0738. The fourth-order valence-corrected chi connectivity index (χ4v) is 3.57. The van der Waals surface area contributed by atoms with Crippen molar-refractivity contribution in [3.8, 4) is 17.6 Å². The third-order valence-electron chi connectivity index (χ3n) is 5.17. The largest absolute Gasteiger partial charge is 0.490 e. The van der Waals surface area contributed by atoms with Crippen LogP contribution in [0.15, 0.2) is 72.8 Å². The van der Waals surface area contributed by atoms with Crippen LogP contribution in [0, 0.1) is 11.3 Å². The summed E-state index contributed by atoms with van der Waals surface area (Å²) in [4.78, 5) is 26.8. The van der Waals surface area contributed by atoms with Gasteiger partial charge in [0.15, 0.2) is 0 Å². The molecule has 0 unspecified atom stereocenters. The van der Waals surface area contributed by atoms with Gasteiger partial charge in [-0.05, 0) is 42.0 Å². The Hall–Kier alpha value is -4.31. The molecule has 0 fully saturated rings. The number of carbonyl (C=O) groups is 2. The van der Waals surface area contributed by atoms with Crippen LogP contribution in [0.3, 0.4) is 0 Å². The van der Waals surface area contributed by atoms with Crippen LogP contribution in [0.4, 0.5) is 11.4 Å². The standard InChI is InChI=1S/C26H23N3O4/c27-17-19-5-3-6-20(15-19)18-33-22-8-4-7-21(16-22)28-25(30)11-12-26(31)29-13-14-32-24-10-2-1-9-23(24)29/h1-10,15-16H,11-14,18H2,(H,28,30). The molecule has 0 aliphatic carbocycles. The van der Waals surface area contributed by atoms with Crippen molar-refractivity contribution in [2.24, 2.45) is 0 Å². The Morgan fingerprint density at radius 2 is 1.88 bits per heavy atom. The summed E-state index contributed by atoms with van der Waals surface area (Å²) < 4.78 is 11.4. The van der Waals surface area contributed by atoms with Crippen LogP contribution in [0.2, 0.25) is 0 Å². The summed E-state index contributed by atoms with van der Waals surface area (Å²) >= 11 is 0. The first-order chi connectivity index (χ1) is 16.1. The molecule has 0 saturated carbocycles. The van der Waals surface area contributed by atoms with Gasteiger partial charge in [0.1, 0.15) is 24.7 Å². The summed E-state index contributed by atoms with van der Waals surface area (Å²) in [6, 6.07) is 23.8. The smallest absolute Gasteiger partial charge is 0.227 e. The molecule has 0 spiro atoms. The highest BCUT2D eigenvalue weighted by Gasteiger charge is 2.23. The third-order valence-corrected chi connectivity index (χ3v) is 5.17. The zero-order valence-corrected chi connectivity index (χ0v) is 18.0. The van der Waals surface area contributed by atoms with Crippen molar-refractivity contribution >= 4 is 23.2 Å². The lowest BCUT2D eigenvalue weighted by atomic mass is 10.1. The van der Waals surface area contributed by atoms with E-state index >= 15 is 0 Å². The van der Waals surface area contributed by atoms with Crippen LogP contribution in [0.5, 0.6) is 11.5 Å². The van der Waals surface area contributed by atoms with Crippen molar-refractivity contribution < 1.29 is 19.1 Å². The van der Waals surface area contributed by atoms with E-state index in [1.807, 2.05) is 36.4 Å². The highest BCUT2D eigenvalue weighted by Crippen LogP contribution is 2.31. The first-order valence-electron chi connectivity index (χ1n) is 10.7. The van der Waals surface area contributed by atoms with Crippen LogP contribution >= 0.6 is 0 Å². The van der Waals surface area contributed by atoms with Gasteiger partial charge in [-0.25, -0.2) is 0 Å². The average Bonchev–Trinajstić information content (AvgIpc) is 2.86. The second kappa shape index (κ2) is 10.3. The van der Waals surface area contributed by atoms with Gasteiger partial charge >= 0.3 is 0 Å². The van der Waals surface area contributed by atoms with E-state index in [9.17, 15) is 9.59 Å². The number of para-hydroxylation sites is 2. The maximum atomic E-state index is 12.7. The minimum Gasteiger partial charge on any atom is -0.490 e. The van der Waals surface area contributed by atoms with Crippen molar-refractivity contribution in [2.75, 3.05) is 23.4 Å². The Labute approximate surface area is 192 Å². The fourth-order valence-electron chi connectivity index (χ4n) is 3.57. The average molecular weight is 441 g/mol. The van der Waals surface area contributed by atoms with Gasteiger partial charge in [-0.2, -0.15) is 5.26 Å². The van der Waals surface area contributed by atoms with Crippen molar-refractivity contribution in [1.29, 1.82) is 5.26 Å². The number of hydrogen-bond donors (Lipinski definition) is 1. The van der Waals surface area contributed by atoms with E-state index in [-0.39, 0.29) is 24.7 Å². The number of nitrogens with zero attached hydrogens (tertiary/aromatic N) is 2. The topological polar surface area (TPSA) is 91.7 Å². The summed E-state index contributed by atoms with van der Waals surface area (Å²) in [6.45, 7) is 1.21. The van der Waals surface area contributed by atoms with E-state index in [1.165, 1.54) is 0 Å². The number of nitriles is 1. The highest BCUT2D eigenvalue weighted by atomic mass is 16.5. The molecule has 2 amide bonds. The van der Waals surface area contributed by atoms with Crippen molar-refractivity contribution in [1.82, 2.24) is 0 Å². The molecule has 1 aliphatic heterocycles. The molecule has 1 heterocycles. The zero-order valence-electron chi connectivity index (χ0n) is 18.0. The van der Waals surface area contributed by atoms with Gasteiger partial charge < -0.3 is 19.7 Å². The molecule has 7 heteroatoms. The van der Waals surface area contributed by atoms with Crippen molar-refractivity contribution in [2.45, 2.75) is 19.4 Å². The number of hydrogen-bond acceptors (Lipinski definition) is 5. The molecule has 0 atom stereocenters. The lowest BCUT2D eigenvalue weighted by Crippen LogP contribution is -2.38. The van der Waals surface area contributed by atoms with Crippen molar-refractivity contribution in [3.05, 3.63) is 83.9 Å². The number of carbonyl (C=O) groups excluding carboxylic acids is 2. The molecule has 3 aromatic carbocycles. The van der Waals surface area contributed by atoms with Crippen molar-refractivity contribution in [3.63, 3.8) is 0 Å². The molecule has 166 valence electrons. The molecule has 33 heavy (non-hydrogen) atoms. The number of ether oxygens (including phenoxy) is 2. The van der Waals surface area contributed by atoms with E-state index in [0.717, 1.165) is 11.3 Å². The molecule has 0 aromatic heterocycles. The van der Waals surface area contributed by atoms with Gasteiger partial charge in [0.05, 0.1) is 23.9 Å². The Morgan fingerprint density at radius 3 is 2.76 bits per heavy atom. The van der Waals surface area contributed by atoms with E-state index < -0.39 is 0 Å². The number of anilines is 2. The maximum absolute atomic E-state index is 12.7. The molecule has 0 bridgehead atoms. The molecular formula is C26H23N3O4. The third kappa shape index (κ3) is 5.69. The van der Waals surface area contributed by atoms with Gasteiger partial charge in [0.2, 0.25) is 11.8 Å². The van der Waals surface area contributed by atoms with Crippen LogP contribution in [0.1, 0.15) is 24.0 Å². The molecule has 7 nitrogen and oxygen atoms in total. The normalized spacial score (nSPS) is 12.2. The number of amides is 2. The second-order valence-electron chi connectivity index (χ2n) is 7.54. The number of rotatable bonds is 7. The summed E-state index contributed by atoms with van der Waals surface area (Å²) in [5, 5.41) is 11.8. The zero-order chi connectivity index (χ0) is 23.0. The molecule has 4 rings (SSSR count). The SMILES string of the molecule is N#Cc1cccc(COc2cccc(NC(=O)CCC(=O)N3CCOc4ccccc43)c2)c1. The predicted octanol–water partition coefficient (Wildman–Crippen LogP) is 4.28. The first kappa shape index (κ1) is 21.9. The molecular weight excluding hydrogens is 418 g/mol. The molecule has 0 radical (unpaired) electrons. The molecule has 1 N–H and O–H groups in total. The van der Waals surface area contributed by atoms with Crippen LogP contribution in [-0.2, 0) is 16.2 Å². The second-order valence-corrected chi connectivity index (χ2v) is 7.54. The van der Waals surface area contributed by atoms with E-state index in [1.54, 1.807) is 41.3 Å². The Bertz CT molecular complexity index is 1200. The first-order valence-corrected chi connectivity index (χ1v) is 10.7. The number of nitrogens with one attached hydrogen (secondary N) is 1. The quantitative estimate of drug-likeness (QED) is 0.591. The molecule has 0 saturated heterocycles. The summed E-state index contributed by atoms with van der Waals surface area (Å²) in [5.74, 6) is 0.912. The van der Waals surface area contributed by atoms with Crippen LogP contribution in [-0.4, -0.2) is 25.0 Å². The maximum Gasteiger partial charge on any atom is 0.227 e. The number of fused-ring (bicyclic) bond motifs is 1. The summed E-state index contributed by atoms with van der Waals surface area (Å²) in [6.07, 6.45) is 0.177. The van der Waals surface area contributed by atoms with Gasteiger partial charge in [-0.1, -0.05) is 30.3 Å². The minimum atomic E-state index is -0.247. The van der Waals surface area contributed by atoms with E-state index in [0.29, 0.717) is 42.5 Å². The molecule has 3 aromatic rings. The Morgan fingerprint density at radius 1 is 1.03 bits per heavy atom. The highest BCUT2D eigenvalue weighted by molar-refractivity contribution is 5.99. The van der Waals surface area contributed by atoms with Crippen LogP contribution < -0.4 is 19.7 Å². The lowest BCUT2D eigenvalue weighted by Gasteiger charge is -2.29. The van der Waals surface area contributed by atoms with Gasteiger partial charge in [0, 0.05) is 24.6 Å².